The third-order valence-corrected chi connectivity index (χ3v) is 3.04. The average Bonchev–Trinajstić information content (AvgIpc) is 3.02. The molecule has 9 heteroatoms. The molecule has 0 aliphatic heterocycles. The van der Waals surface area contributed by atoms with Crippen LogP contribution in [0.15, 0.2) is 30.5 Å². The first-order chi connectivity index (χ1) is 11.0. The molecular formula is C14H13ClFN3O4. The molecular weight excluding hydrogens is 329 g/mol. The summed E-state index contributed by atoms with van der Waals surface area (Å²) in [5.41, 5.74) is 0.120. The van der Waals surface area contributed by atoms with Gasteiger partial charge in [0.25, 0.3) is 5.91 Å². The minimum Gasteiger partial charge on any atom is -0.471 e. The largest absolute Gasteiger partial charge is 0.471 e. The first-order valence-electron chi connectivity index (χ1n) is 6.46. The predicted octanol–water partition coefficient (Wildman–Crippen LogP) is 1.61. The van der Waals surface area contributed by atoms with Crippen LogP contribution in [0.4, 0.5) is 4.39 Å². The summed E-state index contributed by atoms with van der Waals surface area (Å²) in [6.45, 7) is -0.237. The van der Waals surface area contributed by atoms with Crippen LogP contribution in [-0.4, -0.2) is 35.3 Å². The molecule has 0 bridgehead atoms. The van der Waals surface area contributed by atoms with Crippen LogP contribution in [0.25, 0.3) is 0 Å². The fourth-order valence-corrected chi connectivity index (χ4v) is 1.75. The molecule has 1 N–H and O–H groups in total. The number of rotatable bonds is 6. The molecule has 0 saturated heterocycles. The van der Waals surface area contributed by atoms with Gasteiger partial charge in [0.15, 0.2) is 6.73 Å². The Morgan fingerprint density at radius 1 is 1.39 bits per heavy atom. The highest BCUT2D eigenvalue weighted by Crippen LogP contribution is 2.21. The Labute approximate surface area is 135 Å². The molecule has 1 amide bonds. The summed E-state index contributed by atoms with van der Waals surface area (Å²) in [6, 6.07) is 5.42. The summed E-state index contributed by atoms with van der Waals surface area (Å²) in [5, 5.41) is 6.30. The minimum atomic E-state index is -0.561. The average molecular weight is 342 g/mol. The number of carbonyl (C=O) groups excluding carboxylic acids is 2. The summed E-state index contributed by atoms with van der Waals surface area (Å²) >= 11 is 5.65. The van der Waals surface area contributed by atoms with Gasteiger partial charge >= 0.3 is 5.97 Å². The number of hydrogen-bond acceptors (Lipinski definition) is 5. The fraction of sp³-hybridized carbons (Fsp3) is 0.214. The van der Waals surface area contributed by atoms with Gasteiger partial charge in [-0.2, -0.15) is 5.10 Å². The minimum absolute atomic E-state index is 0.00619. The van der Waals surface area contributed by atoms with Gasteiger partial charge in [0, 0.05) is 12.3 Å². The number of aromatic nitrogens is 2. The first kappa shape index (κ1) is 16.8. The normalized spacial score (nSPS) is 10.2. The summed E-state index contributed by atoms with van der Waals surface area (Å²) in [6.07, 6.45) is 1.53. The van der Waals surface area contributed by atoms with Gasteiger partial charge in [-0.15, -0.1) is 0 Å². The van der Waals surface area contributed by atoms with Crippen molar-refractivity contribution in [3.63, 3.8) is 0 Å². The van der Waals surface area contributed by atoms with E-state index in [1.807, 2.05) is 0 Å². The molecule has 0 spiro atoms. The van der Waals surface area contributed by atoms with Gasteiger partial charge < -0.3 is 14.8 Å². The Kier molecular flexibility index (Phi) is 5.53. The molecule has 23 heavy (non-hydrogen) atoms. The van der Waals surface area contributed by atoms with E-state index in [0.717, 1.165) is 0 Å². The topological polar surface area (TPSA) is 82.5 Å². The summed E-state index contributed by atoms with van der Waals surface area (Å²) in [5.74, 6) is -1.25. The zero-order valence-corrected chi connectivity index (χ0v) is 12.8. The van der Waals surface area contributed by atoms with Gasteiger partial charge in [-0.3, -0.25) is 9.59 Å². The Morgan fingerprint density at radius 2 is 2.17 bits per heavy atom. The monoisotopic (exact) mass is 341 g/mol. The van der Waals surface area contributed by atoms with Crippen molar-refractivity contribution in [2.45, 2.75) is 6.73 Å². The molecule has 0 atom stereocenters. The van der Waals surface area contributed by atoms with Crippen LogP contribution in [0.3, 0.4) is 0 Å². The van der Waals surface area contributed by atoms with Crippen molar-refractivity contribution in [2.75, 3.05) is 13.7 Å². The number of benzene rings is 1. The number of nitrogens with zero attached hydrogens (tertiary/aromatic N) is 2. The van der Waals surface area contributed by atoms with Crippen molar-refractivity contribution in [2.24, 2.45) is 0 Å². The first-order valence-corrected chi connectivity index (χ1v) is 6.83. The molecule has 1 aromatic carbocycles. The maximum atomic E-state index is 13.0. The molecule has 1 aromatic heterocycles. The van der Waals surface area contributed by atoms with Crippen molar-refractivity contribution in [1.29, 1.82) is 0 Å². The number of nitrogens with one attached hydrogen (secondary N) is 1. The van der Waals surface area contributed by atoms with Crippen LogP contribution in [0.2, 0.25) is 5.02 Å². The maximum Gasteiger partial charge on any atom is 0.325 e. The quantitative estimate of drug-likeness (QED) is 0.807. The molecule has 1 heterocycles. The summed E-state index contributed by atoms with van der Waals surface area (Å²) in [4.78, 5) is 22.7. The molecule has 7 nitrogen and oxygen atoms in total. The second-order valence-electron chi connectivity index (χ2n) is 4.35. The summed E-state index contributed by atoms with van der Waals surface area (Å²) < 4.78 is 24.2. The molecule has 0 fully saturated rings. The molecule has 2 aromatic rings. The highest BCUT2D eigenvalue weighted by Gasteiger charge is 2.11. The van der Waals surface area contributed by atoms with Gasteiger partial charge in [-0.05, 0) is 18.2 Å². The summed E-state index contributed by atoms with van der Waals surface area (Å²) in [7, 11) is 1.22. The van der Waals surface area contributed by atoms with Crippen LogP contribution in [-0.2, 0) is 16.3 Å². The molecule has 0 aliphatic rings. The van der Waals surface area contributed by atoms with E-state index in [1.165, 1.54) is 42.3 Å². The lowest BCUT2D eigenvalue weighted by atomic mass is 10.3. The standard InChI is InChI=1S/C14H13ClFN3O4/c1-22-13(20)7-17-14(21)12-4-5-19(18-12)8-23-9-2-3-11(16)10(15)6-9/h2-6H,7-8H2,1H3,(H,17,21). The third kappa shape index (κ3) is 4.68. The number of hydrogen-bond donors (Lipinski definition) is 1. The van der Waals surface area contributed by atoms with Crippen molar-refractivity contribution in [3.8, 4) is 5.75 Å². The van der Waals surface area contributed by atoms with Crippen LogP contribution >= 0.6 is 11.6 Å². The van der Waals surface area contributed by atoms with Gasteiger partial charge in [0.2, 0.25) is 0 Å². The Bertz CT molecular complexity index is 720. The lowest BCUT2D eigenvalue weighted by Crippen LogP contribution is -2.30. The zero-order valence-electron chi connectivity index (χ0n) is 12.1. The van der Waals surface area contributed by atoms with Crippen molar-refractivity contribution < 1.29 is 23.5 Å². The van der Waals surface area contributed by atoms with Crippen LogP contribution in [0, 0.1) is 5.82 Å². The van der Waals surface area contributed by atoms with E-state index in [0.29, 0.717) is 5.75 Å². The number of esters is 1. The number of ether oxygens (including phenoxy) is 2. The highest BCUT2D eigenvalue weighted by atomic mass is 35.5. The predicted molar refractivity (Wildman–Crippen MR) is 78.6 cm³/mol. The molecule has 0 saturated carbocycles. The molecule has 2 rings (SSSR count). The van der Waals surface area contributed by atoms with E-state index in [9.17, 15) is 14.0 Å². The number of halogens is 2. The highest BCUT2D eigenvalue weighted by molar-refractivity contribution is 6.30. The van der Waals surface area contributed by atoms with Crippen molar-refractivity contribution in [3.05, 3.63) is 47.0 Å². The van der Waals surface area contributed by atoms with Crippen LogP contribution in [0.1, 0.15) is 10.5 Å². The number of amides is 1. The van der Waals surface area contributed by atoms with Gasteiger partial charge in [-0.25, -0.2) is 9.07 Å². The van der Waals surface area contributed by atoms with Crippen LogP contribution in [0.5, 0.6) is 5.75 Å². The van der Waals surface area contributed by atoms with Gasteiger partial charge in [-0.1, -0.05) is 11.6 Å². The SMILES string of the molecule is COC(=O)CNC(=O)c1ccn(COc2ccc(F)c(Cl)c2)n1. The lowest BCUT2D eigenvalue weighted by Gasteiger charge is -2.06. The lowest BCUT2D eigenvalue weighted by molar-refractivity contribution is -0.139. The number of methoxy groups -OCH3 is 1. The fourth-order valence-electron chi connectivity index (χ4n) is 1.58. The van der Waals surface area contributed by atoms with Crippen molar-refractivity contribution >= 4 is 23.5 Å². The van der Waals surface area contributed by atoms with Gasteiger partial charge in [0.05, 0.1) is 12.1 Å². The van der Waals surface area contributed by atoms with E-state index in [2.05, 4.69) is 15.2 Å². The second-order valence-corrected chi connectivity index (χ2v) is 4.76. The van der Waals surface area contributed by atoms with E-state index >= 15 is 0 Å². The Morgan fingerprint density at radius 3 is 2.87 bits per heavy atom. The van der Waals surface area contributed by atoms with E-state index < -0.39 is 17.7 Å². The third-order valence-electron chi connectivity index (χ3n) is 2.75. The van der Waals surface area contributed by atoms with E-state index in [-0.39, 0.29) is 24.0 Å². The molecule has 122 valence electrons. The Balaban J connectivity index is 1.90. The number of carbonyl (C=O) groups is 2. The molecule has 0 aliphatic carbocycles. The zero-order chi connectivity index (χ0) is 16.8. The van der Waals surface area contributed by atoms with E-state index in [1.54, 1.807) is 0 Å². The second kappa shape index (κ2) is 7.59. The maximum absolute atomic E-state index is 13.0. The van der Waals surface area contributed by atoms with Crippen molar-refractivity contribution in [1.82, 2.24) is 15.1 Å². The molecule has 0 unspecified atom stereocenters. The molecule has 0 radical (unpaired) electrons. The van der Waals surface area contributed by atoms with E-state index in [4.69, 9.17) is 16.3 Å². The Hall–Kier alpha value is -2.61. The van der Waals surface area contributed by atoms with Crippen LogP contribution < -0.4 is 10.1 Å². The smallest absolute Gasteiger partial charge is 0.325 e. The van der Waals surface area contributed by atoms with Gasteiger partial charge in [0.1, 0.15) is 23.8 Å².